The van der Waals surface area contributed by atoms with Crippen LogP contribution in [0.15, 0.2) is 47.8 Å². The van der Waals surface area contributed by atoms with Crippen LogP contribution < -0.4 is 5.43 Å². The van der Waals surface area contributed by atoms with Gasteiger partial charge in [0.2, 0.25) is 0 Å². The number of hydrazone groups is 1. The van der Waals surface area contributed by atoms with Gasteiger partial charge in [-0.05, 0) is 42.7 Å². The molecule has 4 aromatic rings. The highest BCUT2D eigenvalue weighted by Gasteiger charge is 2.12. The summed E-state index contributed by atoms with van der Waals surface area (Å²) in [7, 11) is 0. The molecule has 0 amide bonds. The first-order valence-corrected chi connectivity index (χ1v) is 11.2. The Hall–Kier alpha value is -2.68. The minimum atomic E-state index is -0.441. The summed E-state index contributed by atoms with van der Waals surface area (Å²) in [6.45, 7) is 3.96. The number of hydrogen-bond acceptors (Lipinski definition) is 7. The number of nitrogens with one attached hydrogen (secondary N) is 1. The minimum Gasteiger partial charge on any atom is -0.388 e. The number of nitrogens with zero attached hydrogens (tertiary/aromatic N) is 3. The first-order valence-electron chi connectivity index (χ1n) is 9.59. The summed E-state index contributed by atoms with van der Waals surface area (Å²) in [5.74, 6) is 0.401. The molecule has 1 atom stereocenters. The van der Waals surface area contributed by atoms with E-state index in [1.165, 1.54) is 35.1 Å². The number of benzene rings is 1. The maximum absolute atomic E-state index is 14.0. The first kappa shape index (κ1) is 20.6. The van der Waals surface area contributed by atoms with Gasteiger partial charge in [0.1, 0.15) is 17.0 Å². The van der Waals surface area contributed by atoms with Gasteiger partial charge in [-0.2, -0.15) is 5.10 Å². The van der Waals surface area contributed by atoms with E-state index in [0.29, 0.717) is 24.2 Å². The minimum absolute atomic E-state index is 0.206. The van der Waals surface area contributed by atoms with Gasteiger partial charge in [0.15, 0.2) is 5.82 Å². The van der Waals surface area contributed by atoms with E-state index in [9.17, 15) is 9.50 Å². The molecule has 5 nitrogen and oxygen atoms in total. The topological polar surface area (TPSA) is 70.4 Å². The Bertz CT molecular complexity index is 1200. The van der Waals surface area contributed by atoms with Crippen molar-refractivity contribution in [3.8, 4) is 0 Å². The summed E-state index contributed by atoms with van der Waals surface area (Å²) in [4.78, 5) is 12.4. The number of aliphatic hydroxyl groups excluding tert-OH is 1. The Kier molecular flexibility index (Phi) is 6.17. The Labute approximate surface area is 182 Å². The van der Waals surface area contributed by atoms with E-state index in [-0.39, 0.29) is 5.82 Å². The third-order valence-corrected chi connectivity index (χ3v) is 7.06. The Morgan fingerprint density at radius 2 is 2.07 bits per heavy atom. The molecule has 0 aliphatic heterocycles. The standard InChI is InChI=1S/C22H21FN4OS2/c1-3-18(28)19-8-13(2)20(30-19)11-26-27-21-16-10-15(29-22(16)25-12-24-21)9-14-6-4-5-7-17(14)23/h4-8,10-12,18,28H,3,9H2,1-2H3,(H,24,25,27)/b26-11+. The van der Waals surface area contributed by atoms with Crippen molar-refractivity contribution in [1.82, 2.24) is 9.97 Å². The van der Waals surface area contributed by atoms with Crippen LogP contribution in [-0.2, 0) is 6.42 Å². The van der Waals surface area contributed by atoms with Crippen molar-refractivity contribution in [3.05, 3.63) is 74.3 Å². The normalized spacial score (nSPS) is 12.7. The predicted octanol–water partition coefficient (Wildman–Crippen LogP) is 5.68. The largest absolute Gasteiger partial charge is 0.388 e. The molecule has 8 heteroatoms. The second-order valence-electron chi connectivity index (χ2n) is 6.91. The zero-order valence-corrected chi connectivity index (χ0v) is 18.2. The fourth-order valence-corrected chi connectivity index (χ4v) is 5.21. The van der Waals surface area contributed by atoms with E-state index in [1.807, 2.05) is 32.0 Å². The van der Waals surface area contributed by atoms with E-state index in [2.05, 4.69) is 20.5 Å². The average Bonchev–Trinajstić information content (AvgIpc) is 3.33. The molecule has 0 saturated carbocycles. The van der Waals surface area contributed by atoms with Gasteiger partial charge in [-0.15, -0.1) is 22.7 Å². The summed E-state index contributed by atoms with van der Waals surface area (Å²) < 4.78 is 14.0. The van der Waals surface area contributed by atoms with Crippen LogP contribution >= 0.6 is 22.7 Å². The molecular weight excluding hydrogens is 419 g/mol. The van der Waals surface area contributed by atoms with Crippen LogP contribution in [0, 0.1) is 12.7 Å². The lowest BCUT2D eigenvalue weighted by molar-refractivity contribution is 0.177. The number of hydrogen-bond donors (Lipinski definition) is 2. The zero-order chi connectivity index (χ0) is 21.1. The first-order chi connectivity index (χ1) is 14.5. The molecule has 2 N–H and O–H groups in total. The molecule has 1 unspecified atom stereocenters. The van der Waals surface area contributed by atoms with Crippen molar-refractivity contribution >= 4 is 44.9 Å². The summed E-state index contributed by atoms with van der Waals surface area (Å²) in [6, 6.07) is 10.8. The number of halogens is 1. The van der Waals surface area contributed by atoms with Gasteiger partial charge in [0.25, 0.3) is 0 Å². The molecule has 30 heavy (non-hydrogen) atoms. The maximum Gasteiger partial charge on any atom is 0.158 e. The second-order valence-corrected chi connectivity index (χ2v) is 9.14. The SMILES string of the molecule is CCC(O)c1cc(C)c(/C=N/Nc2ncnc3sc(Cc4ccccc4F)cc23)s1. The van der Waals surface area contributed by atoms with Crippen LogP contribution in [0.2, 0.25) is 0 Å². The third kappa shape index (κ3) is 4.40. The van der Waals surface area contributed by atoms with Crippen molar-refractivity contribution in [2.45, 2.75) is 32.8 Å². The van der Waals surface area contributed by atoms with Crippen molar-refractivity contribution in [1.29, 1.82) is 0 Å². The summed E-state index contributed by atoms with van der Waals surface area (Å²) >= 11 is 3.05. The maximum atomic E-state index is 14.0. The van der Waals surface area contributed by atoms with Crippen molar-refractivity contribution in [3.63, 3.8) is 0 Å². The summed E-state index contributed by atoms with van der Waals surface area (Å²) in [5, 5.41) is 15.2. The number of aryl methyl sites for hydroxylation is 1. The Morgan fingerprint density at radius 1 is 1.23 bits per heavy atom. The molecular formula is C22H21FN4OS2. The third-order valence-electron chi connectivity index (χ3n) is 4.75. The van der Waals surface area contributed by atoms with Crippen LogP contribution in [0.25, 0.3) is 10.2 Å². The molecule has 0 radical (unpaired) electrons. The van der Waals surface area contributed by atoms with Gasteiger partial charge in [0.05, 0.1) is 22.6 Å². The number of anilines is 1. The molecule has 0 aliphatic rings. The van der Waals surface area contributed by atoms with Crippen LogP contribution in [-0.4, -0.2) is 21.3 Å². The molecule has 0 fully saturated rings. The lowest BCUT2D eigenvalue weighted by atomic mass is 10.1. The molecule has 0 saturated heterocycles. The molecule has 3 heterocycles. The molecule has 4 rings (SSSR count). The summed E-state index contributed by atoms with van der Waals surface area (Å²) in [6.07, 6.45) is 3.99. The van der Waals surface area contributed by atoms with Crippen LogP contribution in [0.4, 0.5) is 10.2 Å². The van der Waals surface area contributed by atoms with Gasteiger partial charge >= 0.3 is 0 Å². The Morgan fingerprint density at radius 3 is 2.87 bits per heavy atom. The van der Waals surface area contributed by atoms with E-state index in [1.54, 1.807) is 18.3 Å². The van der Waals surface area contributed by atoms with E-state index in [0.717, 1.165) is 30.4 Å². The molecule has 1 aromatic carbocycles. The highest BCUT2D eigenvalue weighted by Crippen LogP contribution is 2.31. The Balaban J connectivity index is 1.53. The van der Waals surface area contributed by atoms with Gasteiger partial charge in [-0.3, -0.25) is 5.43 Å². The highest BCUT2D eigenvalue weighted by atomic mass is 32.1. The summed E-state index contributed by atoms with van der Waals surface area (Å²) in [5.41, 5.74) is 4.73. The van der Waals surface area contributed by atoms with E-state index in [4.69, 9.17) is 0 Å². The van der Waals surface area contributed by atoms with E-state index >= 15 is 0 Å². The molecule has 0 bridgehead atoms. The monoisotopic (exact) mass is 440 g/mol. The van der Waals surface area contributed by atoms with Gasteiger partial charge < -0.3 is 5.11 Å². The fourth-order valence-electron chi connectivity index (χ4n) is 3.08. The zero-order valence-electron chi connectivity index (χ0n) is 16.6. The predicted molar refractivity (Wildman–Crippen MR) is 122 cm³/mol. The van der Waals surface area contributed by atoms with Gasteiger partial charge in [-0.1, -0.05) is 25.1 Å². The van der Waals surface area contributed by atoms with Crippen LogP contribution in [0.5, 0.6) is 0 Å². The molecule has 154 valence electrons. The smallest absolute Gasteiger partial charge is 0.158 e. The molecule has 3 aromatic heterocycles. The fraction of sp³-hybridized carbons (Fsp3) is 0.227. The molecule has 0 aliphatic carbocycles. The van der Waals surface area contributed by atoms with Crippen molar-refractivity contribution in [2.24, 2.45) is 5.10 Å². The van der Waals surface area contributed by atoms with Crippen molar-refractivity contribution < 1.29 is 9.50 Å². The van der Waals surface area contributed by atoms with Crippen LogP contribution in [0.1, 0.15) is 45.2 Å². The highest BCUT2D eigenvalue weighted by molar-refractivity contribution is 7.18. The number of rotatable bonds is 7. The van der Waals surface area contributed by atoms with Gasteiger partial charge in [0, 0.05) is 16.2 Å². The number of fused-ring (bicyclic) bond motifs is 1. The number of thiophene rings is 2. The quantitative estimate of drug-likeness (QED) is 0.286. The number of aromatic nitrogens is 2. The lowest BCUT2D eigenvalue weighted by Gasteiger charge is -2.02. The van der Waals surface area contributed by atoms with Crippen LogP contribution in [0.3, 0.4) is 0 Å². The van der Waals surface area contributed by atoms with Gasteiger partial charge in [-0.25, -0.2) is 14.4 Å². The second kappa shape index (κ2) is 8.99. The number of aliphatic hydroxyl groups is 1. The lowest BCUT2D eigenvalue weighted by Crippen LogP contribution is -1.94. The molecule has 0 spiro atoms. The van der Waals surface area contributed by atoms with Crippen molar-refractivity contribution in [2.75, 3.05) is 5.43 Å². The van der Waals surface area contributed by atoms with E-state index < -0.39 is 6.10 Å². The average molecular weight is 441 g/mol.